The number of halogens is 1. The first-order valence-corrected chi connectivity index (χ1v) is 9.06. The van der Waals surface area contributed by atoms with Crippen molar-refractivity contribution in [3.63, 3.8) is 0 Å². The van der Waals surface area contributed by atoms with Crippen LogP contribution in [0.4, 0.5) is 5.69 Å². The largest absolute Gasteiger partial charge is 0.497 e. The van der Waals surface area contributed by atoms with Gasteiger partial charge in [-0.15, -0.1) is 0 Å². The van der Waals surface area contributed by atoms with E-state index in [4.69, 9.17) is 25.8 Å². The number of hydrogen-bond acceptors (Lipinski definition) is 6. The second-order valence-electron chi connectivity index (χ2n) is 6.52. The molecule has 0 radical (unpaired) electrons. The maximum absolute atomic E-state index is 12.4. The fourth-order valence-corrected chi connectivity index (χ4v) is 2.87. The third-order valence-electron chi connectivity index (χ3n) is 3.82. The summed E-state index contributed by atoms with van der Waals surface area (Å²) in [6, 6.07) is 4.97. The highest BCUT2D eigenvalue weighted by molar-refractivity contribution is 6.32. The van der Waals surface area contributed by atoms with E-state index in [2.05, 4.69) is 10.4 Å². The van der Waals surface area contributed by atoms with Crippen LogP contribution in [0, 0.1) is 12.8 Å². The number of nitrogens with one attached hydrogen (secondary N) is 1. The first-order valence-electron chi connectivity index (χ1n) is 8.68. The fraction of sp³-hybridized carbons (Fsp3) is 0.421. The number of hydrogen-bond donors (Lipinski definition) is 1. The molecule has 2 aromatic rings. The normalized spacial score (nSPS) is 10.7. The average Bonchev–Trinajstić information content (AvgIpc) is 2.92. The summed E-state index contributed by atoms with van der Waals surface area (Å²) in [6.07, 6.45) is 0. The molecule has 0 aliphatic rings. The van der Waals surface area contributed by atoms with Crippen LogP contribution in [0.3, 0.4) is 0 Å². The monoisotopic (exact) mass is 409 g/mol. The van der Waals surface area contributed by atoms with E-state index in [-0.39, 0.29) is 10.7 Å². The highest BCUT2D eigenvalue weighted by Gasteiger charge is 2.23. The van der Waals surface area contributed by atoms with Gasteiger partial charge in [-0.05, 0) is 25.0 Å². The quantitative estimate of drug-likeness (QED) is 0.672. The molecule has 28 heavy (non-hydrogen) atoms. The Kier molecular flexibility index (Phi) is 7.28. The molecule has 0 saturated carbocycles. The van der Waals surface area contributed by atoms with E-state index in [0.29, 0.717) is 35.3 Å². The van der Waals surface area contributed by atoms with Crippen molar-refractivity contribution in [1.82, 2.24) is 9.78 Å². The van der Waals surface area contributed by atoms with Gasteiger partial charge in [0.15, 0.2) is 6.61 Å². The Bertz CT molecular complexity index is 863. The lowest BCUT2D eigenvalue weighted by atomic mass is 10.2. The summed E-state index contributed by atoms with van der Waals surface area (Å²) in [6.45, 7) is 5.79. The van der Waals surface area contributed by atoms with Crippen molar-refractivity contribution in [3.05, 3.63) is 34.6 Å². The minimum absolute atomic E-state index is 0.161. The maximum atomic E-state index is 12.4. The molecule has 152 valence electrons. The molecule has 0 unspecified atom stereocenters. The molecular formula is C19H24ClN3O5. The summed E-state index contributed by atoms with van der Waals surface area (Å²) in [5.41, 5.74) is 1.02. The highest BCUT2D eigenvalue weighted by atomic mass is 35.5. The summed E-state index contributed by atoms with van der Waals surface area (Å²) in [5, 5.41) is 7.09. The SMILES string of the molecule is COc1ccc(OC)c(NC(=O)COC(=O)c2c(C)nn(CC(C)C)c2Cl)c1. The van der Waals surface area contributed by atoms with E-state index in [9.17, 15) is 9.59 Å². The molecular weight excluding hydrogens is 386 g/mol. The van der Waals surface area contributed by atoms with Gasteiger partial charge in [0.2, 0.25) is 0 Å². The molecule has 2 rings (SSSR count). The van der Waals surface area contributed by atoms with Gasteiger partial charge < -0.3 is 19.5 Å². The molecule has 1 amide bonds. The van der Waals surface area contributed by atoms with Gasteiger partial charge in [0.25, 0.3) is 5.91 Å². The Morgan fingerprint density at radius 2 is 1.96 bits per heavy atom. The molecule has 0 aliphatic heterocycles. The first-order chi connectivity index (χ1) is 13.3. The Balaban J connectivity index is 2.04. The Hall–Kier alpha value is -2.74. The van der Waals surface area contributed by atoms with Crippen molar-refractivity contribution in [3.8, 4) is 11.5 Å². The number of benzene rings is 1. The molecule has 0 bridgehead atoms. The van der Waals surface area contributed by atoms with E-state index in [1.165, 1.54) is 14.2 Å². The van der Waals surface area contributed by atoms with Crippen LogP contribution in [-0.4, -0.2) is 42.5 Å². The number of nitrogens with zero attached hydrogens (tertiary/aromatic N) is 2. The Morgan fingerprint density at radius 1 is 1.25 bits per heavy atom. The van der Waals surface area contributed by atoms with Gasteiger partial charge in [-0.3, -0.25) is 9.48 Å². The van der Waals surface area contributed by atoms with Crippen LogP contribution in [0.1, 0.15) is 29.9 Å². The second kappa shape index (κ2) is 9.45. The number of amides is 1. The summed E-state index contributed by atoms with van der Waals surface area (Å²) in [7, 11) is 3.00. The number of aromatic nitrogens is 2. The van der Waals surface area contributed by atoms with Crippen molar-refractivity contribution in [2.75, 3.05) is 26.1 Å². The number of methoxy groups -OCH3 is 2. The molecule has 9 heteroatoms. The molecule has 0 saturated heterocycles. The lowest BCUT2D eigenvalue weighted by Gasteiger charge is -2.12. The number of ether oxygens (including phenoxy) is 3. The molecule has 0 spiro atoms. The van der Waals surface area contributed by atoms with Crippen molar-refractivity contribution in [2.45, 2.75) is 27.3 Å². The van der Waals surface area contributed by atoms with E-state index in [1.807, 2.05) is 13.8 Å². The highest BCUT2D eigenvalue weighted by Crippen LogP contribution is 2.29. The molecule has 1 N–H and O–H groups in total. The smallest absolute Gasteiger partial charge is 0.343 e. The fourth-order valence-electron chi connectivity index (χ4n) is 2.55. The van der Waals surface area contributed by atoms with Crippen LogP contribution in [0.15, 0.2) is 18.2 Å². The summed E-state index contributed by atoms with van der Waals surface area (Å²) in [5.74, 6) is 0.0835. The van der Waals surface area contributed by atoms with Crippen molar-refractivity contribution in [2.24, 2.45) is 5.92 Å². The summed E-state index contributed by atoms with van der Waals surface area (Å²) in [4.78, 5) is 24.6. The molecule has 1 aromatic heterocycles. The number of carbonyl (C=O) groups excluding carboxylic acids is 2. The van der Waals surface area contributed by atoms with E-state index < -0.39 is 18.5 Å². The zero-order valence-electron chi connectivity index (χ0n) is 16.5. The van der Waals surface area contributed by atoms with E-state index >= 15 is 0 Å². The lowest BCUT2D eigenvalue weighted by Crippen LogP contribution is -2.21. The topological polar surface area (TPSA) is 91.7 Å². The van der Waals surface area contributed by atoms with E-state index in [1.54, 1.807) is 29.8 Å². The van der Waals surface area contributed by atoms with Gasteiger partial charge in [-0.25, -0.2) is 4.79 Å². The van der Waals surface area contributed by atoms with Crippen LogP contribution in [0.5, 0.6) is 11.5 Å². The van der Waals surface area contributed by atoms with Gasteiger partial charge in [-0.1, -0.05) is 25.4 Å². The van der Waals surface area contributed by atoms with Gasteiger partial charge in [-0.2, -0.15) is 5.10 Å². The van der Waals surface area contributed by atoms with Gasteiger partial charge in [0, 0.05) is 12.6 Å². The van der Waals surface area contributed by atoms with Crippen LogP contribution >= 0.6 is 11.6 Å². The van der Waals surface area contributed by atoms with Gasteiger partial charge in [0.05, 0.1) is 25.6 Å². The standard InChI is InChI=1S/C19H24ClN3O5/c1-11(2)9-23-18(20)17(12(3)22-23)19(25)28-10-16(24)21-14-8-13(26-4)6-7-15(14)27-5/h6-8,11H,9-10H2,1-5H3,(H,21,24). The number of anilines is 1. The van der Waals surface area contributed by atoms with Crippen LogP contribution in [-0.2, 0) is 16.1 Å². The lowest BCUT2D eigenvalue weighted by molar-refractivity contribution is -0.119. The molecule has 1 aromatic carbocycles. The summed E-state index contributed by atoms with van der Waals surface area (Å²) < 4.78 is 17.0. The molecule has 8 nitrogen and oxygen atoms in total. The Labute approximate surface area is 168 Å². The zero-order chi connectivity index (χ0) is 20.8. The molecule has 0 fully saturated rings. The number of aryl methyl sites for hydroxylation is 1. The molecule has 0 atom stereocenters. The van der Waals surface area contributed by atoms with E-state index in [0.717, 1.165) is 0 Å². The van der Waals surface area contributed by atoms with Crippen molar-refractivity contribution >= 4 is 29.2 Å². The van der Waals surface area contributed by atoms with Crippen molar-refractivity contribution in [1.29, 1.82) is 0 Å². The van der Waals surface area contributed by atoms with Gasteiger partial charge >= 0.3 is 5.97 Å². The zero-order valence-corrected chi connectivity index (χ0v) is 17.3. The predicted molar refractivity (Wildman–Crippen MR) is 105 cm³/mol. The minimum atomic E-state index is -0.703. The van der Waals surface area contributed by atoms with Crippen LogP contribution < -0.4 is 14.8 Å². The van der Waals surface area contributed by atoms with Gasteiger partial charge in [0.1, 0.15) is 22.2 Å². The first kappa shape index (κ1) is 21.6. The summed E-state index contributed by atoms with van der Waals surface area (Å²) >= 11 is 6.26. The molecule has 0 aliphatic carbocycles. The van der Waals surface area contributed by atoms with Crippen molar-refractivity contribution < 1.29 is 23.8 Å². The van der Waals surface area contributed by atoms with Crippen LogP contribution in [0.25, 0.3) is 0 Å². The average molecular weight is 410 g/mol. The Morgan fingerprint density at radius 3 is 2.57 bits per heavy atom. The molecule has 1 heterocycles. The third kappa shape index (κ3) is 5.16. The predicted octanol–water partition coefficient (Wildman–Crippen LogP) is 3.31. The number of carbonyl (C=O) groups is 2. The minimum Gasteiger partial charge on any atom is -0.497 e. The third-order valence-corrected chi connectivity index (χ3v) is 4.21. The maximum Gasteiger partial charge on any atom is 0.343 e. The number of esters is 1. The number of rotatable bonds is 8. The second-order valence-corrected chi connectivity index (χ2v) is 6.88. The van der Waals surface area contributed by atoms with Crippen LogP contribution in [0.2, 0.25) is 5.15 Å².